The van der Waals surface area contributed by atoms with Crippen LogP contribution < -0.4 is 16.8 Å². The van der Waals surface area contributed by atoms with Crippen LogP contribution in [0.15, 0.2) is 73.6 Å². The van der Waals surface area contributed by atoms with Gasteiger partial charge in [0.2, 0.25) is 5.91 Å². The van der Waals surface area contributed by atoms with E-state index >= 15 is 0 Å². The van der Waals surface area contributed by atoms with Crippen LogP contribution in [-0.4, -0.2) is 22.4 Å². The van der Waals surface area contributed by atoms with Crippen LogP contribution >= 0.6 is 0 Å². The molecule has 6 nitrogen and oxygen atoms in total. The third-order valence-electron chi connectivity index (χ3n) is 4.43. The number of carbonyl (C=O) groups excluding carboxylic acids is 1. The summed E-state index contributed by atoms with van der Waals surface area (Å²) in [4.78, 5) is 21.1. The molecule has 0 radical (unpaired) electrons. The van der Waals surface area contributed by atoms with Gasteiger partial charge in [-0.15, -0.1) is 0 Å². The van der Waals surface area contributed by atoms with Crippen LogP contribution in [0.4, 0.5) is 5.69 Å². The molecule has 5 N–H and O–H groups in total. The third-order valence-corrected chi connectivity index (χ3v) is 4.43. The van der Waals surface area contributed by atoms with E-state index in [1.807, 2.05) is 36.4 Å². The molecule has 1 unspecified atom stereocenters. The van der Waals surface area contributed by atoms with Crippen LogP contribution in [0.2, 0.25) is 0 Å². The molecule has 2 heterocycles. The number of pyridine rings is 2. The Hall–Kier alpha value is -3.51. The summed E-state index contributed by atoms with van der Waals surface area (Å²) in [5, 5.41) is 2.87. The van der Waals surface area contributed by atoms with E-state index in [0.29, 0.717) is 35.7 Å². The van der Waals surface area contributed by atoms with Crippen molar-refractivity contribution < 1.29 is 4.79 Å². The minimum Gasteiger partial charge on any atom is -0.399 e. The van der Waals surface area contributed by atoms with Gasteiger partial charge in [-0.1, -0.05) is 36.9 Å². The first-order chi connectivity index (χ1) is 13.6. The monoisotopic (exact) mass is 373 g/mol. The third kappa shape index (κ3) is 4.81. The number of nitrogens with two attached hydrogens (primary N) is 2. The fourth-order valence-electron chi connectivity index (χ4n) is 2.89. The highest BCUT2D eigenvalue weighted by molar-refractivity contribution is 5.91. The standard InChI is InChI=1S/C22H23N5O/c1-15(24)17-9-10-25-21(11-17)20-8-7-19(14-26-20)27-22(28)12-18(13-23)16-5-3-2-4-6-16/h2-11,14,18H,1,12-13,23-24H2,(H,27,28). The van der Waals surface area contributed by atoms with E-state index in [1.165, 1.54) is 0 Å². The molecular weight excluding hydrogens is 350 g/mol. The number of amides is 1. The Bertz CT molecular complexity index is 954. The normalized spacial score (nSPS) is 11.6. The summed E-state index contributed by atoms with van der Waals surface area (Å²) in [6.07, 6.45) is 3.58. The van der Waals surface area contributed by atoms with Gasteiger partial charge < -0.3 is 16.8 Å². The van der Waals surface area contributed by atoms with E-state index in [2.05, 4.69) is 21.9 Å². The molecule has 142 valence electrons. The average Bonchev–Trinajstić information content (AvgIpc) is 2.73. The maximum absolute atomic E-state index is 12.4. The zero-order chi connectivity index (χ0) is 19.9. The van der Waals surface area contributed by atoms with E-state index < -0.39 is 0 Å². The highest BCUT2D eigenvalue weighted by Gasteiger charge is 2.15. The lowest BCUT2D eigenvalue weighted by Gasteiger charge is -2.15. The largest absolute Gasteiger partial charge is 0.399 e. The summed E-state index contributed by atoms with van der Waals surface area (Å²) in [6, 6.07) is 17.0. The van der Waals surface area contributed by atoms with Gasteiger partial charge in [-0.05, 0) is 36.4 Å². The van der Waals surface area contributed by atoms with E-state index in [-0.39, 0.29) is 11.8 Å². The topological polar surface area (TPSA) is 107 Å². The van der Waals surface area contributed by atoms with Gasteiger partial charge in [0.15, 0.2) is 0 Å². The molecule has 0 fully saturated rings. The van der Waals surface area contributed by atoms with Crippen molar-refractivity contribution in [1.29, 1.82) is 0 Å². The Kier molecular flexibility index (Phi) is 6.14. The summed E-state index contributed by atoms with van der Waals surface area (Å²) >= 11 is 0. The highest BCUT2D eigenvalue weighted by atomic mass is 16.1. The zero-order valence-corrected chi connectivity index (χ0v) is 15.5. The van der Waals surface area contributed by atoms with Gasteiger partial charge >= 0.3 is 0 Å². The van der Waals surface area contributed by atoms with Gasteiger partial charge in [0.1, 0.15) is 0 Å². The van der Waals surface area contributed by atoms with Crippen LogP contribution in [0.3, 0.4) is 0 Å². The van der Waals surface area contributed by atoms with Crippen molar-refractivity contribution in [3.05, 3.63) is 84.7 Å². The lowest BCUT2D eigenvalue weighted by molar-refractivity contribution is -0.116. The summed E-state index contributed by atoms with van der Waals surface area (Å²) < 4.78 is 0. The Morgan fingerprint density at radius 3 is 2.50 bits per heavy atom. The molecular formula is C22H23N5O. The van der Waals surface area contributed by atoms with Crippen LogP contribution in [0.5, 0.6) is 0 Å². The number of anilines is 1. The molecule has 3 aromatic rings. The van der Waals surface area contributed by atoms with E-state index in [0.717, 1.165) is 11.1 Å². The number of nitrogens with one attached hydrogen (secondary N) is 1. The number of hydrogen-bond donors (Lipinski definition) is 3. The average molecular weight is 373 g/mol. The first-order valence-corrected chi connectivity index (χ1v) is 8.99. The van der Waals surface area contributed by atoms with Crippen molar-refractivity contribution in [1.82, 2.24) is 9.97 Å². The molecule has 0 spiro atoms. The number of hydrogen-bond acceptors (Lipinski definition) is 5. The minimum atomic E-state index is -0.103. The number of rotatable bonds is 7. The first-order valence-electron chi connectivity index (χ1n) is 8.99. The van der Waals surface area contributed by atoms with Crippen LogP contribution in [-0.2, 0) is 4.79 Å². The lowest BCUT2D eigenvalue weighted by atomic mass is 9.95. The van der Waals surface area contributed by atoms with Crippen molar-refractivity contribution in [2.45, 2.75) is 12.3 Å². The Morgan fingerprint density at radius 1 is 1.07 bits per heavy atom. The number of nitrogens with zero attached hydrogens (tertiary/aromatic N) is 2. The molecule has 0 aliphatic heterocycles. The van der Waals surface area contributed by atoms with E-state index in [9.17, 15) is 4.79 Å². The summed E-state index contributed by atoms with van der Waals surface area (Å²) in [7, 11) is 0. The summed E-state index contributed by atoms with van der Waals surface area (Å²) in [5.41, 5.74) is 15.9. The lowest BCUT2D eigenvalue weighted by Crippen LogP contribution is -2.21. The molecule has 1 aromatic carbocycles. The van der Waals surface area contributed by atoms with Gasteiger partial charge in [-0.25, -0.2) is 0 Å². The maximum atomic E-state index is 12.4. The molecule has 0 saturated carbocycles. The summed E-state index contributed by atoms with van der Waals surface area (Å²) in [6.45, 7) is 4.14. The van der Waals surface area contributed by atoms with E-state index in [1.54, 1.807) is 30.6 Å². The van der Waals surface area contributed by atoms with Crippen molar-refractivity contribution in [3.63, 3.8) is 0 Å². The Labute approximate surface area is 164 Å². The van der Waals surface area contributed by atoms with E-state index in [4.69, 9.17) is 11.5 Å². The number of aromatic nitrogens is 2. The molecule has 28 heavy (non-hydrogen) atoms. The Morgan fingerprint density at radius 2 is 1.86 bits per heavy atom. The highest BCUT2D eigenvalue weighted by Crippen LogP contribution is 2.21. The van der Waals surface area contributed by atoms with Gasteiger partial charge in [0.25, 0.3) is 0 Å². The second kappa shape index (κ2) is 8.92. The van der Waals surface area contributed by atoms with Gasteiger partial charge in [-0.3, -0.25) is 14.8 Å². The zero-order valence-electron chi connectivity index (χ0n) is 15.5. The molecule has 3 rings (SSSR count). The number of carbonyl (C=O) groups is 1. The first kappa shape index (κ1) is 19.3. The molecule has 6 heteroatoms. The predicted octanol–water partition coefficient (Wildman–Crippen LogP) is 3.14. The second-order valence-electron chi connectivity index (χ2n) is 6.48. The minimum absolute atomic E-state index is 0.0234. The fourth-order valence-corrected chi connectivity index (χ4v) is 2.89. The van der Waals surface area contributed by atoms with Gasteiger partial charge in [0, 0.05) is 29.8 Å². The van der Waals surface area contributed by atoms with Crippen LogP contribution in [0, 0.1) is 0 Å². The van der Waals surface area contributed by atoms with Gasteiger partial charge in [0.05, 0.1) is 23.3 Å². The van der Waals surface area contributed by atoms with Crippen LogP contribution in [0.1, 0.15) is 23.5 Å². The molecule has 0 aliphatic carbocycles. The second-order valence-corrected chi connectivity index (χ2v) is 6.48. The smallest absolute Gasteiger partial charge is 0.225 e. The molecule has 0 bridgehead atoms. The molecule has 0 aliphatic rings. The quantitative estimate of drug-likeness (QED) is 0.590. The fraction of sp³-hybridized carbons (Fsp3) is 0.136. The summed E-state index contributed by atoms with van der Waals surface area (Å²) in [5.74, 6) is -0.127. The predicted molar refractivity (Wildman–Crippen MR) is 112 cm³/mol. The SMILES string of the molecule is C=C(N)c1ccnc(-c2ccc(NC(=O)CC(CN)c3ccccc3)cn2)c1. The molecule has 2 aromatic heterocycles. The van der Waals surface area contributed by atoms with Gasteiger partial charge in [-0.2, -0.15) is 0 Å². The molecule has 0 saturated heterocycles. The Balaban J connectivity index is 1.66. The van der Waals surface area contributed by atoms with Crippen molar-refractivity contribution in [2.75, 3.05) is 11.9 Å². The van der Waals surface area contributed by atoms with Crippen molar-refractivity contribution in [3.8, 4) is 11.4 Å². The van der Waals surface area contributed by atoms with Crippen molar-refractivity contribution >= 4 is 17.3 Å². The maximum Gasteiger partial charge on any atom is 0.225 e. The molecule has 1 amide bonds. The molecule has 1 atom stereocenters. The number of benzene rings is 1. The van der Waals surface area contributed by atoms with Crippen molar-refractivity contribution in [2.24, 2.45) is 11.5 Å². The van der Waals surface area contributed by atoms with Crippen LogP contribution in [0.25, 0.3) is 17.1 Å².